The van der Waals surface area contributed by atoms with Crippen molar-refractivity contribution in [3.05, 3.63) is 30.6 Å². The highest BCUT2D eigenvalue weighted by Gasteiger charge is 2.19. The molecule has 0 aliphatic carbocycles. The van der Waals surface area contributed by atoms with Crippen molar-refractivity contribution in [1.29, 1.82) is 0 Å². The van der Waals surface area contributed by atoms with Gasteiger partial charge in [0.1, 0.15) is 11.5 Å². The first-order valence-electron chi connectivity index (χ1n) is 7.29. The number of nitrogens with zero attached hydrogens (tertiary/aromatic N) is 3. The van der Waals surface area contributed by atoms with E-state index in [4.69, 9.17) is 0 Å². The number of pyridine rings is 1. The van der Waals surface area contributed by atoms with Crippen molar-refractivity contribution in [2.75, 3.05) is 24.5 Å². The number of nitrogens with one attached hydrogen (secondary N) is 1. The number of hydrogen-bond acceptors (Lipinski definition) is 3. The van der Waals surface area contributed by atoms with Crippen molar-refractivity contribution in [2.45, 2.75) is 32.2 Å². The molecule has 102 valence electrons. The molecule has 0 aromatic carbocycles. The van der Waals surface area contributed by atoms with E-state index in [9.17, 15) is 0 Å². The highest BCUT2D eigenvalue weighted by Crippen LogP contribution is 2.21. The molecule has 2 aromatic rings. The SMILES string of the molecule is CCCNC1CCN(c2cccc3nccn23)CC1. The molecule has 1 fully saturated rings. The third-order valence-corrected chi connectivity index (χ3v) is 3.91. The van der Waals surface area contributed by atoms with Gasteiger partial charge in [0.2, 0.25) is 0 Å². The van der Waals surface area contributed by atoms with Crippen LogP contribution in [0.25, 0.3) is 5.65 Å². The van der Waals surface area contributed by atoms with E-state index in [0.717, 1.165) is 25.3 Å². The van der Waals surface area contributed by atoms with Crippen LogP contribution in [0.5, 0.6) is 0 Å². The van der Waals surface area contributed by atoms with Gasteiger partial charge in [0.05, 0.1) is 0 Å². The minimum atomic E-state index is 0.693. The number of piperidine rings is 1. The highest BCUT2D eigenvalue weighted by molar-refractivity contribution is 5.51. The van der Waals surface area contributed by atoms with Gasteiger partial charge >= 0.3 is 0 Å². The summed E-state index contributed by atoms with van der Waals surface area (Å²) in [5.41, 5.74) is 1.03. The molecule has 0 spiro atoms. The van der Waals surface area contributed by atoms with Gasteiger partial charge in [-0.15, -0.1) is 0 Å². The van der Waals surface area contributed by atoms with Gasteiger partial charge in [-0.05, 0) is 37.9 Å². The summed E-state index contributed by atoms with van der Waals surface area (Å²) in [5, 5.41) is 3.63. The molecular formula is C15H22N4. The van der Waals surface area contributed by atoms with E-state index in [2.05, 4.69) is 44.7 Å². The second-order valence-corrected chi connectivity index (χ2v) is 5.25. The monoisotopic (exact) mass is 258 g/mol. The molecule has 0 atom stereocenters. The zero-order chi connectivity index (χ0) is 13.1. The second kappa shape index (κ2) is 5.61. The number of hydrogen-bond donors (Lipinski definition) is 1. The van der Waals surface area contributed by atoms with E-state index in [1.807, 2.05) is 12.4 Å². The number of aromatic nitrogens is 2. The number of imidazole rings is 1. The summed E-state index contributed by atoms with van der Waals surface area (Å²) in [6.45, 7) is 5.61. The third-order valence-electron chi connectivity index (χ3n) is 3.91. The van der Waals surface area contributed by atoms with Gasteiger partial charge in [0, 0.05) is 31.5 Å². The predicted octanol–water partition coefficient (Wildman–Crippen LogP) is 2.30. The molecule has 4 nitrogen and oxygen atoms in total. The highest BCUT2D eigenvalue weighted by atomic mass is 15.2. The van der Waals surface area contributed by atoms with E-state index < -0.39 is 0 Å². The smallest absolute Gasteiger partial charge is 0.138 e. The molecule has 4 heteroatoms. The topological polar surface area (TPSA) is 32.6 Å². The molecule has 1 aliphatic rings. The Labute approximate surface area is 114 Å². The lowest BCUT2D eigenvalue weighted by Crippen LogP contribution is -2.43. The summed E-state index contributed by atoms with van der Waals surface area (Å²) in [4.78, 5) is 6.82. The van der Waals surface area contributed by atoms with E-state index in [0.29, 0.717) is 6.04 Å². The van der Waals surface area contributed by atoms with Gasteiger partial charge < -0.3 is 10.2 Å². The minimum absolute atomic E-state index is 0.693. The molecule has 3 rings (SSSR count). The first-order chi connectivity index (χ1) is 9.38. The summed E-state index contributed by atoms with van der Waals surface area (Å²) in [5.74, 6) is 1.27. The first-order valence-corrected chi connectivity index (χ1v) is 7.29. The van der Waals surface area contributed by atoms with Gasteiger partial charge in [-0.2, -0.15) is 0 Å². The molecule has 19 heavy (non-hydrogen) atoms. The summed E-state index contributed by atoms with van der Waals surface area (Å²) < 4.78 is 2.18. The fourth-order valence-corrected chi connectivity index (χ4v) is 2.85. The molecule has 1 aliphatic heterocycles. The largest absolute Gasteiger partial charge is 0.358 e. The van der Waals surface area contributed by atoms with Gasteiger partial charge in [0.15, 0.2) is 0 Å². The Morgan fingerprint density at radius 2 is 2.16 bits per heavy atom. The molecule has 3 heterocycles. The van der Waals surface area contributed by atoms with Crippen LogP contribution in [0.4, 0.5) is 5.82 Å². The van der Waals surface area contributed by atoms with Crippen LogP contribution in [-0.4, -0.2) is 35.1 Å². The normalized spacial score (nSPS) is 17.2. The van der Waals surface area contributed by atoms with Gasteiger partial charge in [-0.1, -0.05) is 13.0 Å². The van der Waals surface area contributed by atoms with Crippen molar-refractivity contribution in [3.8, 4) is 0 Å². The number of anilines is 1. The fourth-order valence-electron chi connectivity index (χ4n) is 2.85. The molecule has 0 amide bonds. The zero-order valence-corrected chi connectivity index (χ0v) is 11.5. The van der Waals surface area contributed by atoms with E-state index in [-0.39, 0.29) is 0 Å². The lowest BCUT2D eigenvalue weighted by Gasteiger charge is -2.34. The van der Waals surface area contributed by atoms with Crippen molar-refractivity contribution in [1.82, 2.24) is 14.7 Å². The lowest BCUT2D eigenvalue weighted by molar-refractivity contribution is 0.414. The molecule has 0 unspecified atom stereocenters. The molecule has 0 saturated carbocycles. The van der Waals surface area contributed by atoms with Crippen LogP contribution in [0.2, 0.25) is 0 Å². The number of fused-ring (bicyclic) bond motifs is 1. The standard InChI is InChI=1S/C15H22N4/c1-2-8-16-13-6-10-18(11-7-13)15-5-3-4-14-17-9-12-19(14)15/h3-5,9,12-13,16H,2,6-8,10-11H2,1H3. The average molecular weight is 258 g/mol. The zero-order valence-electron chi connectivity index (χ0n) is 11.5. The summed E-state index contributed by atoms with van der Waals surface area (Å²) in [6.07, 6.45) is 7.59. The molecule has 0 radical (unpaired) electrons. The Hall–Kier alpha value is -1.55. The molecule has 1 saturated heterocycles. The van der Waals surface area contributed by atoms with Crippen LogP contribution in [0, 0.1) is 0 Å². The summed E-state index contributed by atoms with van der Waals surface area (Å²) >= 11 is 0. The quantitative estimate of drug-likeness (QED) is 0.913. The number of rotatable bonds is 4. The van der Waals surface area contributed by atoms with Gasteiger partial charge in [-0.25, -0.2) is 4.98 Å². The molecule has 0 bridgehead atoms. The van der Waals surface area contributed by atoms with Crippen molar-refractivity contribution < 1.29 is 0 Å². The Kier molecular flexibility index (Phi) is 3.69. The Bertz CT molecular complexity index is 526. The maximum Gasteiger partial charge on any atom is 0.138 e. The first kappa shape index (κ1) is 12.5. The second-order valence-electron chi connectivity index (χ2n) is 5.25. The van der Waals surface area contributed by atoms with Crippen LogP contribution in [-0.2, 0) is 0 Å². The van der Waals surface area contributed by atoms with Crippen LogP contribution in [0.3, 0.4) is 0 Å². The maximum atomic E-state index is 4.35. The van der Waals surface area contributed by atoms with Crippen LogP contribution in [0.15, 0.2) is 30.6 Å². The molecular weight excluding hydrogens is 236 g/mol. The van der Waals surface area contributed by atoms with Crippen LogP contribution < -0.4 is 10.2 Å². The Morgan fingerprint density at radius 3 is 2.95 bits per heavy atom. The predicted molar refractivity (Wildman–Crippen MR) is 78.7 cm³/mol. The third kappa shape index (κ3) is 2.59. The van der Waals surface area contributed by atoms with Gasteiger partial charge in [0.25, 0.3) is 0 Å². The van der Waals surface area contributed by atoms with Gasteiger partial charge in [-0.3, -0.25) is 4.40 Å². The fraction of sp³-hybridized carbons (Fsp3) is 0.533. The van der Waals surface area contributed by atoms with E-state index in [1.54, 1.807) is 0 Å². The van der Waals surface area contributed by atoms with Crippen LogP contribution >= 0.6 is 0 Å². The van der Waals surface area contributed by atoms with E-state index >= 15 is 0 Å². The van der Waals surface area contributed by atoms with Crippen LogP contribution in [0.1, 0.15) is 26.2 Å². The molecule has 2 aromatic heterocycles. The summed E-state index contributed by atoms with van der Waals surface area (Å²) in [7, 11) is 0. The average Bonchev–Trinajstić information content (AvgIpc) is 2.94. The van der Waals surface area contributed by atoms with Crippen molar-refractivity contribution in [3.63, 3.8) is 0 Å². The summed E-state index contributed by atoms with van der Waals surface area (Å²) in [6, 6.07) is 7.03. The minimum Gasteiger partial charge on any atom is -0.358 e. The Morgan fingerprint density at radius 1 is 1.32 bits per heavy atom. The van der Waals surface area contributed by atoms with Crippen molar-refractivity contribution in [2.24, 2.45) is 0 Å². The maximum absolute atomic E-state index is 4.35. The Balaban J connectivity index is 1.69. The van der Waals surface area contributed by atoms with Crippen molar-refractivity contribution >= 4 is 11.5 Å². The lowest BCUT2D eigenvalue weighted by atomic mass is 10.0. The molecule has 1 N–H and O–H groups in total. The van der Waals surface area contributed by atoms with E-state index in [1.165, 1.54) is 25.1 Å².